The highest BCUT2D eigenvalue weighted by Gasteiger charge is 2.13. The molecule has 0 aliphatic carbocycles. The highest BCUT2D eigenvalue weighted by atomic mass is 79.9. The lowest BCUT2D eigenvalue weighted by molar-refractivity contribution is 0.203. The van der Waals surface area contributed by atoms with E-state index in [0.717, 1.165) is 4.90 Å². The number of halogens is 3. The molecule has 0 aromatic heterocycles. The summed E-state index contributed by atoms with van der Waals surface area (Å²) in [5, 5.41) is 8.69. The molecule has 0 fully saturated rings. The molecular formula is C8H6Br2FNO2. The van der Waals surface area contributed by atoms with Crippen molar-refractivity contribution in [2.45, 2.75) is 0 Å². The minimum atomic E-state index is -1.10. The number of hydrogen-bond donors (Lipinski definition) is 1. The van der Waals surface area contributed by atoms with Crippen molar-refractivity contribution in [3.05, 3.63) is 26.9 Å². The van der Waals surface area contributed by atoms with Crippen molar-refractivity contribution in [1.29, 1.82) is 0 Å². The van der Waals surface area contributed by atoms with Crippen molar-refractivity contribution in [2.24, 2.45) is 0 Å². The summed E-state index contributed by atoms with van der Waals surface area (Å²) in [5.74, 6) is -0.451. The smallest absolute Gasteiger partial charge is 0.411 e. The maximum atomic E-state index is 13.1. The largest absolute Gasteiger partial charge is 0.465 e. The van der Waals surface area contributed by atoms with Gasteiger partial charge in [0.1, 0.15) is 0 Å². The summed E-state index contributed by atoms with van der Waals surface area (Å²) in [6.45, 7) is 0. The van der Waals surface area contributed by atoms with Crippen LogP contribution in [0.3, 0.4) is 0 Å². The number of amides is 1. The molecule has 3 nitrogen and oxygen atoms in total. The first-order valence-corrected chi connectivity index (χ1v) is 5.13. The lowest BCUT2D eigenvalue weighted by Gasteiger charge is -2.14. The summed E-state index contributed by atoms with van der Waals surface area (Å²) in [4.78, 5) is 11.6. The average Bonchev–Trinajstić information content (AvgIpc) is 2.12. The van der Waals surface area contributed by atoms with Gasteiger partial charge < -0.3 is 5.11 Å². The fourth-order valence-corrected chi connectivity index (χ4v) is 2.01. The van der Waals surface area contributed by atoms with Crippen LogP contribution in [0.15, 0.2) is 21.1 Å². The van der Waals surface area contributed by atoms with Crippen LogP contribution in [-0.2, 0) is 0 Å². The van der Waals surface area contributed by atoms with Crippen LogP contribution in [-0.4, -0.2) is 18.2 Å². The van der Waals surface area contributed by atoms with Gasteiger partial charge in [0, 0.05) is 12.7 Å². The molecule has 0 heterocycles. The van der Waals surface area contributed by atoms with Crippen molar-refractivity contribution in [2.75, 3.05) is 11.9 Å². The molecule has 0 radical (unpaired) electrons. The summed E-state index contributed by atoms with van der Waals surface area (Å²) in [6, 6.07) is 2.79. The number of anilines is 1. The van der Waals surface area contributed by atoms with Gasteiger partial charge in [0.2, 0.25) is 0 Å². The third kappa shape index (κ3) is 2.24. The second kappa shape index (κ2) is 4.27. The van der Waals surface area contributed by atoms with Gasteiger partial charge >= 0.3 is 6.09 Å². The molecule has 0 unspecified atom stereocenters. The Hall–Kier alpha value is -0.620. The number of nitrogens with zero attached hydrogens (tertiary/aromatic N) is 1. The Morgan fingerprint density at radius 3 is 2.21 bits per heavy atom. The summed E-state index contributed by atoms with van der Waals surface area (Å²) in [6.07, 6.45) is -1.10. The molecule has 0 bridgehead atoms. The second-order valence-electron chi connectivity index (χ2n) is 2.56. The van der Waals surface area contributed by atoms with Crippen LogP contribution < -0.4 is 4.90 Å². The van der Waals surface area contributed by atoms with Crippen LogP contribution in [0.5, 0.6) is 0 Å². The first kappa shape index (κ1) is 11.5. The normalized spacial score (nSPS) is 10.0. The van der Waals surface area contributed by atoms with Crippen molar-refractivity contribution in [1.82, 2.24) is 0 Å². The van der Waals surface area contributed by atoms with Crippen molar-refractivity contribution in [3.8, 4) is 0 Å². The van der Waals surface area contributed by atoms with Gasteiger partial charge in [0.25, 0.3) is 0 Å². The Labute approximate surface area is 96.8 Å². The predicted octanol–water partition coefficient (Wildman–Crippen LogP) is 3.46. The van der Waals surface area contributed by atoms with Gasteiger partial charge in [-0.1, -0.05) is 0 Å². The molecule has 0 aliphatic heterocycles. The lowest BCUT2D eigenvalue weighted by Crippen LogP contribution is -2.23. The predicted molar refractivity (Wildman–Crippen MR) is 58.2 cm³/mol. The number of carboxylic acid groups (broad SMARTS) is 1. The van der Waals surface area contributed by atoms with Gasteiger partial charge in [0.05, 0.1) is 8.95 Å². The van der Waals surface area contributed by atoms with E-state index >= 15 is 0 Å². The minimum Gasteiger partial charge on any atom is -0.465 e. The van der Waals surface area contributed by atoms with E-state index in [4.69, 9.17) is 5.11 Å². The molecule has 0 atom stereocenters. The molecule has 6 heteroatoms. The zero-order valence-corrected chi connectivity index (χ0v) is 10.3. The van der Waals surface area contributed by atoms with Crippen molar-refractivity contribution in [3.63, 3.8) is 0 Å². The molecule has 1 rings (SSSR count). The van der Waals surface area contributed by atoms with E-state index in [0.29, 0.717) is 5.69 Å². The molecule has 1 amide bonds. The summed E-state index contributed by atoms with van der Waals surface area (Å²) < 4.78 is 13.6. The molecule has 14 heavy (non-hydrogen) atoms. The van der Waals surface area contributed by atoms with E-state index in [-0.39, 0.29) is 8.95 Å². The van der Waals surface area contributed by atoms with Crippen LogP contribution >= 0.6 is 31.9 Å². The number of hydrogen-bond acceptors (Lipinski definition) is 1. The summed E-state index contributed by atoms with van der Waals surface area (Å²) in [7, 11) is 1.38. The van der Waals surface area contributed by atoms with Crippen LogP contribution in [0.4, 0.5) is 14.9 Å². The zero-order chi connectivity index (χ0) is 10.9. The SMILES string of the molecule is CN(C(=O)O)c1cc(Br)c(F)c(Br)c1. The second-order valence-corrected chi connectivity index (χ2v) is 4.27. The number of rotatable bonds is 1. The Kier molecular flexibility index (Phi) is 3.49. The van der Waals surface area contributed by atoms with Crippen LogP contribution in [0.2, 0.25) is 0 Å². The Balaban J connectivity index is 3.19. The molecule has 0 saturated carbocycles. The standard InChI is InChI=1S/C8H6Br2FNO2/c1-12(8(13)14)4-2-5(9)7(11)6(10)3-4/h2-3H,1H3,(H,13,14). The number of carbonyl (C=O) groups is 1. The molecule has 0 spiro atoms. The minimum absolute atomic E-state index is 0.218. The van der Waals surface area contributed by atoms with Gasteiger partial charge in [-0.25, -0.2) is 9.18 Å². The third-order valence-corrected chi connectivity index (χ3v) is 2.80. The quantitative estimate of drug-likeness (QED) is 0.803. The van der Waals surface area contributed by atoms with E-state index in [2.05, 4.69) is 31.9 Å². The molecule has 0 aliphatic rings. The summed E-state index contributed by atoms with van der Waals surface area (Å²) in [5.41, 5.74) is 0.387. The maximum Gasteiger partial charge on any atom is 0.411 e. The van der Waals surface area contributed by atoms with Gasteiger partial charge in [-0.3, -0.25) is 4.90 Å². The van der Waals surface area contributed by atoms with Crippen LogP contribution in [0, 0.1) is 5.82 Å². The van der Waals surface area contributed by atoms with Crippen LogP contribution in [0.25, 0.3) is 0 Å². The molecule has 1 N–H and O–H groups in total. The fraction of sp³-hybridized carbons (Fsp3) is 0.125. The molecule has 1 aromatic rings. The maximum absolute atomic E-state index is 13.1. The highest BCUT2D eigenvalue weighted by molar-refractivity contribution is 9.11. The average molecular weight is 327 g/mol. The fourth-order valence-electron chi connectivity index (χ4n) is 0.846. The first-order chi connectivity index (χ1) is 6.43. The van der Waals surface area contributed by atoms with Gasteiger partial charge in [-0.2, -0.15) is 0 Å². The first-order valence-electron chi connectivity index (χ1n) is 3.54. The van der Waals surface area contributed by atoms with Crippen molar-refractivity contribution < 1.29 is 14.3 Å². The van der Waals surface area contributed by atoms with Gasteiger partial charge in [-0.05, 0) is 44.0 Å². The Morgan fingerprint density at radius 1 is 1.43 bits per heavy atom. The van der Waals surface area contributed by atoms with Crippen LogP contribution in [0.1, 0.15) is 0 Å². The van der Waals surface area contributed by atoms with Crippen molar-refractivity contribution >= 4 is 43.6 Å². The monoisotopic (exact) mass is 325 g/mol. The van der Waals surface area contributed by atoms with E-state index in [1.807, 2.05) is 0 Å². The molecule has 76 valence electrons. The van der Waals surface area contributed by atoms with E-state index in [1.165, 1.54) is 19.2 Å². The highest BCUT2D eigenvalue weighted by Crippen LogP contribution is 2.29. The van der Waals surface area contributed by atoms with E-state index < -0.39 is 11.9 Å². The third-order valence-electron chi connectivity index (χ3n) is 1.64. The number of benzene rings is 1. The molecular weight excluding hydrogens is 321 g/mol. The molecule has 1 aromatic carbocycles. The van der Waals surface area contributed by atoms with E-state index in [1.54, 1.807) is 0 Å². The Bertz CT molecular complexity index is 361. The molecule has 0 saturated heterocycles. The zero-order valence-electron chi connectivity index (χ0n) is 7.09. The lowest BCUT2D eigenvalue weighted by atomic mass is 10.3. The summed E-state index contributed by atoms with van der Waals surface area (Å²) >= 11 is 5.98. The van der Waals surface area contributed by atoms with Gasteiger partial charge in [-0.15, -0.1) is 0 Å². The van der Waals surface area contributed by atoms with E-state index in [9.17, 15) is 9.18 Å². The Morgan fingerprint density at radius 2 is 1.86 bits per heavy atom. The topological polar surface area (TPSA) is 40.5 Å². The van der Waals surface area contributed by atoms with Gasteiger partial charge in [0.15, 0.2) is 5.82 Å².